The number of ether oxygens (including phenoxy) is 1. The van der Waals surface area contributed by atoms with Crippen molar-refractivity contribution in [1.29, 1.82) is 0 Å². The first kappa shape index (κ1) is 15.1. The molecule has 4 atom stereocenters. The molecule has 2 aromatic heterocycles. The number of aliphatic hydroxyl groups excluding tert-OH is 2. The number of imidazole rings is 1. The van der Waals surface area contributed by atoms with Crippen LogP contribution in [0.15, 0.2) is 11.1 Å². The van der Waals surface area contributed by atoms with Gasteiger partial charge in [0, 0.05) is 5.92 Å². The second-order valence-corrected chi connectivity index (χ2v) is 5.67. The molecule has 3 rings (SSSR count). The fourth-order valence-corrected chi connectivity index (χ4v) is 3.11. The first-order chi connectivity index (χ1) is 10.6. The molecule has 1 unspecified atom stereocenters. The van der Waals surface area contributed by atoms with Crippen molar-refractivity contribution in [3.63, 3.8) is 0 Å². The average Bonchev–Trinajstić information content (AvgIpc) is 3.02. The lowest BCUT2D eigenvalue weighted by atomic mass is 9.93. The van der Waals surface area contributed by atoms with Crippen LogP contribution in [0.4, 0.5) is 0 Å². The van der Waals surface area contributed by atoms with Crippen molar-refractivity contribution in [2.45, 2.75) is 45.1 Å². The van der Waals surface area contributed by atoms with Gasteiger partial charge in [-0.05, 0) is 13.3 Å². The van der Waals surface area contributed by atoms with E-state index in [1.807, 2.05) is 6.92 Å². The van der Waals surface area contributed by atoms with Crippen molar-refractivity contribution in [2.24, 2.45) is 5.92 Å². The Morgan fingerprint density at radius 3 is 2.95 bits per heavy atom. The van der Waals surface area contributed by atoms with Crippen LogP contribution >= 0.6 is 0 Å². The van der Waals surface area contributed by atoms with Gasteiger partial charge in [0.25, 0.3) is 5.56 Å². The number of nitrogens with one attached hydrogen (secondary N) is 1. The van der Waals surface area contributed by atoms with Gasteiger partial charge in [0.1, 0.15) is 11.9 Å². The lowest BCUT2D eigenvalue weighted by Crippen LogP contribution is -2.28. The number of hydrogen-bond donors (Lipinski definition) is 3. The SMILES string of the molecule is CCC[C@@H]1C(O)[C@H](n2cnc3c(=O)[nH]c(C)nc32)O[C@@H]1CO. The van der Waals surface area contributed by atoms with E-state index in [2.05, 4.69) is 15.0 Å². The summed E-state index contributed by atoms with van der Waals surface area (Å²) in [6.45, 7) is 3.55. The predicted octanol–water partition coefficient (Wildman–Crippen LogP) is 0.0949. The maximum Gasteiger partial charge on any atom is 0.279 e. The third kappa shape index (κ3) is 2.33. The molecule has 1 aliphatic rings. The summed E-state index contributed by atoms with van der Waals surface area (Å²) in [6.07, 6.45) is 1.17. The number of aryl methyl sites for hydroxylation is 1. The Balaban J connectivity index is 2.03. The number of nitrogens with zero attached hydrogens (tertiary/aromatic N) is 3. The first-order valence-electron chi connectivity index (χ1n) is 7.44. The minimum absolute atomic E-state index is 0.152. The molecule has 120 valence electrons. The molecule has 2 aromatic rings. The zero-order valence-electron chi connectivity index (χ0n) is 12.6. The summed E-state index contributed by atoms with van der Waals surface area (Å²) in [5, 5.41) is 20.0. The molecule has 8 heteroatoms. The molecule has 1 fully saturated rings. The summed E-state index contributed by atoms with van der Waals surface area (Å²) in [5.74, 6) is 0.316. The molecule has 0 aromatic carbocycles. The van der Waals surface area contributed by atoms with Gasteiger partial charge in [0.15, 0.2) is 17.4 Å². The summed E-state index contributed by atoms with van der Waals surface area (Å²) in [5.41, 5.74) is 0.262. The minimum Gasteiger partial charge on any atom is -0.394 e. The van der Waals surface area contributed by atoms with Crippen molar-refractivity contribution >= 4 is 11.2 Å². The predicted molar refractivity (Wildman–Crippen MR) is 78.3 cm³/mol. The Labute approximate surface area is 126 Å². The fraction of sp³-hybridized carbons (Fsp3) is 0.643. The van der Waals surface area contributed by atoms with Crippen LogP contribution < -0.4 is 5.56 Å². The highest BCUT2D eigenvalue weighted by atomic mass is 16.5. The number of rotatable bonds is 4. The van der Waals surface area contributed by atoms with Crippen LogP contribution in [0.2, 0.25) is 0 Å². The maximum absolute atomic E-state index is 11.9. The molecular formula is C14H20N4O4. The number of aromatic nitrogens is 4. The zero-order chi connectivity index (χ0) is 15.9. The van der Waals surface area contributed by atoms with E-state index in [1.54, 1.807) is 11.5 Å². The third-order valence-corrected chi connectivity index (χ3v) is 4.15. The van der Waals surface area contributed by atoms with Gasteiger partial charge in [0.05, 0.1) is 19.0 Å². The van der Waals surface area contributed by atoms with Gasteiger partial charge in [-0.25, -0.2) is 9.97 Å². The highest BCUT2D eigenvalue weighted by molar-refractivity contribution is 5.69. The number of fused-ring (bicyclic) bond motifs is 1. The van der Waals surface area contributed by atoms with Gasteiger partial charge in [0.2, 0.25) is 0 Å². The topological polar surface area (TPSA) is 113 Å². The molecule has 3 heterocycles. The van der Waals surface area contributed by atoms with Gasteiger partial charge in [-0.2, -0.15) is 0 Å². The van der Waals surface area contributed by atoms with Gasteiger partial charge < -0.3 is 19.9 Å². The van der Waals surface area contributed by atoms with E-state index in [4.69, 9.17) is 4.74 Å². The molecule has 1 saturated heterocycles. The summed E-state index contributed by atoms with van der Waals surface area (Å²) in [7, 11) is 0. The normalized spacial score (nSPS) is 28.5. The van der Waals surface area contributed by atoms with E-state index in [-0.39, 0.29) is 23.6 Å². The highest BCUT2D eigenvalue weighted by Crippen LogP contribution is 2.37. The monoisotopic (exact) mass is 308 g/mol. The summed E-state index contributed by atoms with van der Waals surface area (Å²) >= 11 is 0. The number of aromatic amines is 1. The van der Waals surface area contributed by atoms with Crippen molar-refractivity contribution < 1.29 is 14.9 Å². The largest absolute Gasteiger partial charge is 0.394 e. The number of aliphatic hydroxyl groups is 2. The van der Waals surface area contributed by atoms with Gasteiger partial charge in [-0.1, -0.05) is 13.3 Å². The molecule has 0 bridgehead atoms. The van der Waals surface area contributed by atoms with Crippen LogP contribution in [0.1, 0.15) is 31.8 Å². The van der Waals surface area contributed by atoms with E-state index >= 15 is 0 Å². The van der Waals surface area contributed by atoms with E-state index in [1.165, 1.54) is 6.33 Å². The molecule has 0 radical (unpaired) electrons. The van der Waals surface area contributed by atoms with Crippen molar-refractivity contribution in [2.75, 3.05) is 6.61 Å². The van der Waals surface area contributed by atoms with E-state index < -0.39 is 18.4 Å². The lowest BCUT2D eigenvalue weighted by Gasteiger charge is -2.18. The van der Waals surface area contributed by atoms with Gasteiger partial charge >= 0.3 is 0 Å². The molecule has 0 aliphatic carbocycles. The van der Waals surface area contributed by atoms with E-state index in [9.17, 15) is 15.0 Å². The molecule has 0 spiro atoms. The Hall–Kier alpha value is -1.77. The summed E-state index contributed by atoms with van der Waals surface area (Å²) < 4.78 is 7.36. The quantitative estimate of drug-likeness (QED) is 0.738. The van der Waals surface area contributed by atoms with Crippen LogP contribution in [-0.4, -0.2) is 48.5 Å². The molecular weight excluding hydrogens is 288 g/mol. The highest BCUT2D eigenvalue weighted by Gasteiger charge is 2.44. The molecule has 0 saturated carbocycles. The number of hydrogen-bond acceptors (Lipinski definition) is 6. The van der Waals surface area contributed by atoms with Crippen LogP contribution in [-0.2, 0) is 4.74 Å². The summed E-state index contributed by atoms with van der Waals surface area (Å²) in [4.78, 5) is 22.8. The van der Waals surface area contributed by atoms with E-state index in [0.717, 1.165) is 12.8 Å². The Bertz CT molecular complexity index is 725. The van der Waals surface area contributed by atoms with Crippen LogP contribution in [0.25, 0.3) is 11.2 Å². The average molecular weight is 308 g/mol. The Morgan fingerprint density at radius 2 is 2.27 bits per heavy atom. The molecule has 1 aliphatic heterocycles. The minimum atomic E-state index is -0.782. The zero-order valence-corrected chi connectivity index (χ0v) is 12.6. The van der Waals surface area contributed by atoms with Gasteiger partial charge in [-0.15, -0.1) is 0 Å². The lowest BCUT2D eigenvalue weighted by molar-refractivity contribution is -0.0493. The third-order valence-electron chi connectivity index (χ3n) is 4.15. The molecule has 22 heavy (non-hydrogen) atoms. The number of H-pyrrole nitrogens is 1. The second-order valence-electron chi connectivity index (χ2n) is 5.67. The maximum atomic E-state index is 11.9. The smallest absolute Gasteiger partial charge is 0.279 e. The van der Waals surface area contributed by atoms with E-state index in [0.29, 0.717) is 11.5 Å². The molecule has 3 N–H and O–H groups in total. The second kappa shape index (κ2) is 5.79. The van der Waals surface area contributed by atoms with Crippen molar-refractivity contribution in [3.05, 3.63) is 22.5 Å². The Morgan fingerprint density at radius 1 is 1.50 bits per heavy atom. The van der Waals surface area contributed by atoms with Crippen LogP contribution in [0.5, 0.6) is 0 Å². The molecule has 8 nitrogen and oxygen atoms in total. The van der Waals surface area contributed by atoms with Crippen LogP contribution in [0.3, 0.4) is 0 Å². The standard InChI is InChI=1S/C14H20N4O4/c1-3-4-8-9(5-19)22-14(11(8)20)18-6-15-10-12(18)16-7(2)17-13(10)21/h6,8-9,11,14,19-20H,3-5H2,1-2H3,(H,16,17,21)/t8-,9+,11?,14+/m0/s1. The van der Waals surface area contributed by atoms with Crippen molar-refractivity contribution in [1.82, 2.24) is 19.5 Å². The molecule has 0 amide bonds. The first-order valence-corrected chi connectivity index (χ1v) is 7.44. The van der Waals surface area contributed by atoms with Crippen molar-refractivity contribution in [3.8, 4) is 0 Å². The van der Waals surface area contributed by atoms with Gasteiger partial charge in [-0.3, -0.25) is 9.36 Å². The Kier molecular flexibility index (Phi) is 3.98. The summed E-state index contributed by atoms with van der Waals surface area (Å²) in [6, 6.07) is 0. The fourth-order valence-electron chi connectivity index (χ4n) is 3.11. The van der Waals surface area contributed by atoms with Crippen LogP contribution in [0, 0.1) is 12.8 Å².